The summed E-state index contributed by atoms with van der Waals surface area (Å²) in [4.78, 5) is 12.1. The van der Waals surface area contributed by atoms with Crippen molar-refractivity contribution in [2.24, 2.45) is 0 Å². The predicted octanol–water partition coefficient (Wildman–Crippen LogP) is 2.24. The molecule has 0 amide bonds. The van der Waals surface area contributed by atoms with Crippen LogP contribution in [0.15, 0.2) is 12.3 Å². The van der Waals surface area contributed by atoms with E-state index in [0.717, 1.165) is 17.2 Å². The largest absolute Gasteiger partial charge is 0.369 e. The highest BCUT2D eigenvalue weighted by molar-refractivity contribution is 7.99. The molecule has 5 heteroatoms. The average molecular weight is 280 g/mol. The Bertz CT molecular complexity index is 434. The van der Waals surface area contributed by atoms with Crippen molar-refractivity contribution >= 4 is 17.5 Å². The molecule has 0 spiro atoms. The van der Waals surface area contributed by atoms with Gasteiger partial charge >= 0.3 is 0 Å². The van der Waals surface area contributed by atoms with Gasteiger partial charge in [0.25, 0.3) is 0 Å². The monoisotopic (exact) mass is 280 g/mol. The Hall–Kier alpha value is -0.810. The van der Waals surface area contributed by atoms with Crippen LogP contribution in [0.5, 0.6) is 0 Å². The van der Waals surface area contributed by atoms with Gasteiger partial charge in [0.05, 0.1) is 24.8 Å². The maximum absolute atomic E-state index is 12.1. The molecule has 1 saturated carbocycles. The van der Waals surface area contributed by atoms with E-state index >= 15 is 0 Å². The number of thioether (sulfide) groups is 1. The standard InChI is InChI=1S/C14H20N2O2S/c17-13(14-10-19-8-7-18-14)9-11-5-6-16(15-11)12-3-1-2-4-12/h5-6,12,14H,1-4,7-10H2. The third-order valence-electron chi connectivity index (χ3n) is 3.89. The minimum Gasteiger partial charge on any atom is -0.369 e. The van der Waals surface area contributed by atoms with E-state index in [4.69, 9.17) is 4.74 Å². The maximum Gasteiger partial charge on any atom is 0.168 e. The molecule has 1 unspecified atom stereocenters. The quantitative estimate of drug-likeness (QED) is 0.848. The fourth-order valence-corrected chi connectivity index (χ4v) is 3.69. The maximum atomic E-state index is 12.1. The number of hydrogen-bond donors (Lipinski definition) is 0. The number of carbonyl (C=O) groups is 1. The van der Waals surface area contributed by atoms with Crippen molar-refractivity contribution in [2.75, 3.05) is 18.1 Å². The number of aromatic nitrogens is 2. The summed E-state index contributed by atoms with van der Waals surface area (Å²) in [5, 5.41) is 4.56. The Morgan fingerprint density at radius 3 is 3.05 bits per heavy atom. The second-order valence-electron chi connectivity index (χ2n) is 5.30. The molecule has 2 fully saturated rings. The number of nitrogens with zero attached hydrogens (tertiary/aromatic N) is 2. The molecule has 2 aliphatic rings. The van der Waals surface area contributed by atoms with Gasteiger partial charge in [-0.3, -0.25) is 9.48 Å². The summed E-state index contributed by atoms with van der Waals surface area (Å²) in [5.74, 6) is 1.96. The summed E-state index contributed by atoms with van der Waals surface area (Å²) in [6.07, 6.45) is 7.24. The van der Waals surface area contributed by atoms with E-state index in [1.165, 1.54) is 25.7 Å². The third kappa shape index (κ3) is 3.20. The van der Waals surface area contributed by atoms with Gasteiger partial charge in [0, 0.05) is 17.7 Å². The number of ether oxygens (including phenoxy) is 1. The fraction of sp³-hybridized carbons (Fsp3) is 0.714. The summed E-state index contributed by atoms with van der Waals surface area (Å²) in [5.41, 5.74) is 0.885. The van der Waals surface area contributed by atoms with E-state index in [0.29, 0.717) is 19.1 Å². The molecule has 1 atom stereocenters. The van der Waals surface area contributed by atoms with Gasteiger partial charge in [-0.15, -0.1) is 0 Å². The molecule has 1 aromatic heterocycles. The Morgan fingerprint density at radius 2 is 2.32 bits per heavy atom. The Balaban J connectivity index is 1.58. The van der Waals surface area contributed by atoms with Crippen molar-refractivity contribution in [3.05, 3.63) is 18.0 Å². The number of rotatable bonds is 4. The first-order chi connectivity index (χ1) is 9.33. The summed E-state index contributed by atoms with van der Waals surface area (Å²) in [6.45, 7) is 0.692. The van der Waals surface area contributed by atoms with Crippen LogP contribution < -0.4 is 0 Å². The highest BCUT2D eigenvalue weighted by atomic mass is 32.2. The first kappa shape index (κ1) is 13.2. The molecule has 1 aromatic rings. The first-order valence-electron chi connectivity index (χ1n) is 7.09. The van der Waals surface area contributed by atoms with Crippen LogP contribution in [0.25, 0.3) is 0 Å². The van der Waals surface area contributed by atoms with Crippen molar-refractivity contribution in [1.29, 1.82) is 0 Å². The lowest BCUT2D eigenvalue weighted by Gasteiger charge is -2.20. The van der Waals surface area contributed by atoms with Crippen LogP contribution in [-0.2, 0) is 16.0 Å². The van der Waals surface area contributed by atoms with Crippen molar-refractivity contribution in [2.45, 2.75) is 44.2 Å². The topological polar surface area (TPSA) is 44.1 Å². The minimum atomic E-state index is -0.226. The third-order valence-corrected chi connectivity index (χ3v) is 4.89. The zero-order chi connectivity index (χ0) is 13.1. The molecule has 0 radical (unpaired) electrons. The van der Waals surface area contributed by atoms with E-state index in [9.17, 15) is 4.79 Å². The predicted molar refractivity (Wildman–Crippen MR) is 75.5 cm³/mol. The SMILES string of the molecule is O=C(Cc1ccn(C2CCCC2)n1)C1CSCCO1. The van der Waals surface area contributed by atoms with Crippen LogP contribution >= 0.6 is 11.8 Å². The number of hydrogen-bond acceptors (Lipinski definition) is 4. The number of carbonyl (C=O) groups excluding carboxylic acids is 1. The van der Waals surface area contributed by atoms with E-state index in [-0.39, 0.29) is 11.9 Å². The summed E-state index contributed by atoms with van der Waals surface area (Å²) in [7, 11) is 0. The van der Waals surface area contributed by atoms with Crippen molar-refractivity contribution in [1.82, 2.24) is 9.78 Å². The molecule has 104 valence electrons. The molecule has 19 heavy (non-hydrogen) atoms. The number of Topliss-reactive ketones (excluding diaryl/α,β-unsaturated/α-hetero) is 1. The molecule has 1 aliphatic carbocycles. The van der Waals surface area contributed by atoms with Gasteiger partial charge in [0.1, 0.15) is 6.10 Å². The zero-order valence-electron chi connectivity index (χ0n) is 11.1. The lowest BCUT2D eigenvalue weighted by Crippen LogP contribution is -2.32. The molecule has 0 N–H and O–H groups in total. The zero-order valence-corrected chi connectivity index (χ0v) is 11.9. The van der Waals surface area contributed by atoms with Gasteiger partial charge in [-0.05, 0) is 18.9 Å². The van der Waals surface area contributed by atoms with Gasteiger partial charge in [0.15, 0.2) is 5.78 Å². The van der Waals surface area contributed by atoms with Gasteiger partial charge < -0.3 is 4.74 Å². The molecule has 1 aliphatic heterocycles. The smallest absolute Gasteiger partial charge is 0.168 e. The second kappa shape index (κ2) is 6.09. The molecule has 2 heterocycles. The van der Waals surface area contributed by atoms with Gasteiger partial charge in [0.2, 0.25) is 0 Å². The number of ketones is 1. The lowest BCUT2D eigenvalue weighted by molar-refractivity contribution is -0.128. The van der Waals surface area contributed by atoms with Crippen LogP contribution in [0.1, 0.15) is 37.4 Å². The van der Waals surface area contributed by atoms with Crippen molar-refractivity contribution < 1.29 is 9.53 Å². The Labute approximate surface area is 117 Å². The van der Waals surface area contributed by atoms with E-state index in [1.807, 2.05) is 16.9 Å². The summed E-state index contributed by atoms with van der Waals surface area (Å²) in [6, 6.07) is 2.52. The minimum absolute atomic E-state index is 0.170. The van der Waals surface area contributed by atoms with Crippen LogP contribution in [0, 0.1) is 0 Å². The molecule has 0 bridgehead atoms. The molecule has 0 aromatic carbocycles. The van der Waals surface area contributed by atoms with E-state index in [1.54, 1.807) is 11.8 Å². The van der Waals surface area contributed by atoms with E-state index in [2.05, 4.69) is 5.10 Å². The summed E-state index contributed by atoms with van der Waals surface area (Å²) >= 11 is 1.80. The van der Waals surface area contributed by atoms with Crippen molar-refractivity contribution in [3.8, 4) is 0 Å². The van der Waals surface area contributed by atoms with Gasteiger partial charge in [-0.1, -0.05) is 12.8 Å². The van der Waals surface area contributed by atoms with Crippen LogP contribution in [0.2, 0.25) is 0 Å². The normalized spacial score (nSPS) is 24.7. The average Bonchev–Trinajstić information content (AvgIpc) is 3.10. The fourth-order valence-electron chi connectivity index (χ4n) is 2.81. The van der Waals surface area contributed by atoms with Crippen LogP contribution in [0.4, 0.5) is 0 Å². The lowest BCUT2D eigenvalue weighted by atomic mass is 10.1. The van der Waals surface area contributed by atoms with Crippen LogP contribution in [0.3, 0.4) is 0 Å². The van der Waals surface area contributed by atoms with E-state index < -0.39 is 0 Å². The Morgan fingerprint density at radius 1 is 1.47 bits per heavy atom. The molecule has 1 saturated heterocycles. The molecular formula is C14H20N2O2S. The highest BCUT2D eigenvalue weighted by Gasteiger charge is 2.24. The van der Waals surface area contributed by atoms with Gasteiger partial charge in [-0.25, -0.2) is 0 Å². The molecular weight excluding hydrogens is 260 g/mol. The van der Waals surface area contributed by atoms with Crippen LogP contribution in [-0.4, -0.2) is 39.8 Å². The first-order valence-corrected chi connectivity index (χ1v) is 8.24. The van der Waals surface area contributed by atoms with Gasteiger partial charge in [-0.2, -0.15) is 16.9 Å². The molecule has 4 nitrogen and oxygen atoms in total. The summed E-state index contributed by atoms with van der Waals surface area (Å²) < 4.78 is 7.56. The van der Waals surface area contributed by atoms with Crippen molar-refractivity contribution in [3.63, 3.8) is 0 Å². The second-order valence-corrected chi connectivity index (χ2v) is 6.45. The molecule has 3 rings (SSSR count). The Kier molecular flexibility index (Phi) is 4.23. The highest BCUT2D eigenvalue weighted by Crippen LogP contribution is 2.28.